The molecule has 0 spiro atoms. The number of halogens is 3. The van der Waals surface area contributed by atoms with Crippen LogP contribution in [0.15, 0.2) is 36.5 Å². The zero-order valence-corrected chi connectivity index (χ0v) is 13.8. The van der Waals surface area contributed by atoms with Crippen molar-refractivity contribution >= 4 is 11.6 Å². The Morgan fingerprint density at radius 3 is 2.38 bits per heavy atom. The van der Waals surface area contributed by atoms with Gasteiger partial charge < -0.3 is 9.64 Å². The molecule has 1 heterocycles. The number of aromatic nitrogens is 2. The van der Waals surface area contributed by atoms with E-state index >= 15 is 0 Å². The van der Waals surface area contributed by atoms with Gasteiger partial charge in [0.15, 0.2) is 0 Å². The van der Waals surface area contributed by atoms with E-state index in [-0.39, 0.29) is 18.5 Å². The van der Waals surface area contributed by atoms with Crippen LogP contribution in [0.25, 0.3) is 0 Å². The van der Waals surface area contributed by atoms with Gasteiger partial charge in [-0.05, 0) is 25.0 Å². The highest BCUT2D eigenvalue weighted by Gasteiger charge is 2.36. The first kappa shape index (κ1) is 18.0. The predicted molar refractivity (Wildman–Crippen MR) is 86.5 cm³/mol. The third kappa shape index (κ3) is 4.37. The lowest BCUT2D eigenvalue weighted by Crippen LogP contribution is -2.21. The fourth-order valence-electron chi connectivity index (χ4n) is 2.08. The standard InChI is InChI=1S/C17H20F3N3O/c1-4-23(13-8-6-5-7-9-13)16-21-10-14(17(18,19)20)15(22-16)24-11-12(2)3/h5-10,12H,4,11H2,1-3H3. The van der Waals surface area contributed by atoms with Crippen molar-refractivity contribution < 1.29 is 17.9 Å². The molecule has 0 aliphatic carbocycles. The maximum atomic E-state index is 13.1. The molecule has 0 saturated heterocycles. The lowest BCUT2D eigenvalue weighted by molar-refractivity contribution is -0.139. The van der Waals surface area contributed by atoms with Crippen LogP contribution in [0.1, 0.15) is 26.3 Å². The van der Waals surface area contributed by atoms with E-state index in [0.29, 0.717) is 6.54 Å². The molecule has 2 aromatic rings. The Kier molecular flexibility index (Phi) is 5.64. The topological polar surface area (TPSA) is 38.2 Å². The summed E-state index contributed by atoms with van der Waals surface area (Å²) in [6.07, 6.45) is -3.78. The Morgan fingerprint density at radius 2 is 1.83 bits per heavy atom. The molecule has 0 bridgehead atoms. The number of nitrogens with zero attached hydrogens (tertiary/aromatic N) is 3. The number of hydrogen-bond donors (Lipinski definition) is 0. The molecule has 1 aromatic carbocycles. The zero-order valence-electron chi connectivity index (χ0n) is 13.8. The van der Waals surface area contributed by atoms with Crippen molar-refractivity contribution in [3.05, 3.63) is 42.1 Å². The Morgan fingerprint density at radius 1 is 1.17 bits per heavy atom. The SMILES string of the molecule is CCN(c1ccccc1)c1ncc(C(F)(F)F)c(OCC(C)C)n1. The largest absolute Gasteiger partial charge is 0.477 e. The minimum absolute atomic E-state index is 0.0842. The minimum atomic E-state index is -4.56. The summed E-state index contributed by atoms with van der Waals surface area (Å²) in [7, 11) is 0. The number of alkyl halides is 3. The van der Waals surface area contributed by atoms with Crippen LogP contribution in [0.4, 0.5) is 24.8 Å². The molecule has 7 heteroatoms. The van der Waals surface area contributed by atoms with Gasteiger partial charge in [-0.3, -0.25) is 0 Å². The molecule has 0 aliphatic rings. The van der Waals surface area contributed by atoms with Gasteiger partial charge in [0.2, 0.25) is 11.8 Å². The summed E-state index contributed by atoms with van der Waals surface area (Å²) in [5.41, 5.74) is -0.161. The molecule has 0 unspecified atom stereocenters. The molecule has 24 heavy (non-hydrogen) atoms. The lowest BCUT2D eigenvalue weighted by atomic mass is 10.2. The van der Waals surface area contributed by atoms with Crippen molar-refractivity contribution in [2.45, 2.75) is 26.9 Å². The van der Waals surface area contributed by atoms with E-state index in [9.17, 15) is 13.2 Å². The molecular weight excluding hydrogens is 319 g/mol. The maximum Gasteiger partial charge on any atom is 0.423 e. The highest BCUT2D eigenvalue weighted by molar-refractivity contribution is 5.57. The first-order chi connectivity index (χ1) is 11.3. The van der Waals surface area contributed by atoms with Crippen molar-refractivity contribution in [3.8, 4) is 5.88 Å². The molecule has 0 atom stereocenters. The molecule has 130 valence electrons. The quantitative estimate of drug-likeness (QED) is 0.765. The summed E-state index contributed by atoms with van der Waals surface area (Å²) in [5.74, 6) is -0.174. The summed E-state index contributed by atoms with van der Waals surface area (Å²) in [5, 5.41) is 0. The van der Waals surface area contributed by atoms with Crippen LogP contribution in [0.5, 0.6) is 5.88 Å². The molecule has 0 fully saturated rings. The van der Waals surface area contributed by atoms with Gasteiger partial charge >= 0.3 is 6.18 Å². The van der Waals surface area contributed by atoms with E-state index in [2.05, 4.69) is 9.97 Å². The molecule has 4 nitrogen and oxygen atoms in total. The van der Waals surface area contributed by atoms with Gasteiger partial charge in [0.25, 0.3) is 0 Å². The van der Waals surface area contributed by atoms with Crippen LogP contribution >= 0.6 is 0 Å². The Bertz CT molecular complexity index is 660. The molecule has 2 rings (SSSR count). The van der Waals surface area contributed by atoms with Gasteiger partial charge in [-0.15, -0.1) is 0 Å². The molecular formula is C17H20F3N3O. The van der Waals surface area contributed by atoms with E-state index in [1.165, 1.54) is 0 Å². The number of benzene rings is 1. The number of anilines is 2. The first-order valence-corrected chi connectivity index (χ1v) is 7.72. The normalized spacial score (nSPS) is 11.6. The van der Waals surface area contributed by atoms with Crippen LogP contribution < -0.4 is 9.64 Å². The summed E-state index contributed by atoms with van der Waals surface area (Å²) >= 11 is 0. The third-order valence-electron chi connectivity index (χ3n) is 3.23. The third-order valence-corrected chi connectivity index (χ3v) is 3.23. The second-order valence-electron chi connectivity index (χ2n) is 5.67. The van der Waals surface area contributed by atoms with Gasteiger partial charge in [0.05, 0.1) is 6.61 Å². The van der Waals surface area contributed by atoms with Crippen molar-refractivity contribution in [2.75, 3.05) is 18.1 Å². The summed E-state index contributed by atoms with van der Waals surface area (Å²) in [6, 6.07) is 9.25. The second kappa shape index (κ2) is 7.51. The van der Waals surface area contributed by atoms with Gasteiger partial charge in [0.1, 0.15) is 5.56 Å². The van der Waals surface area contributed by atoms with E-state index in [1.54, 1.807) is 4.90 Å². The highest BCUT2D eigenvalue weighted by atomic mass is 19.4. The van der Waals surface area contributed by atoms with E-state index < -0.39 is 17.6 Å². The number of rotatable bonds is 6. The van der Waals surface area contributed by atoms with Crippen molar-refractivity contribution in [3.63, 3.8) is 0 Å². The van der Waals surface area contributed by atoms with E-state index in [1.807, 2.05) is 51.1 Å². The van der Waals surface area contributed by atoms with Crippen molar-refractivity contribution in [1.29, 1.82) is 0 Å². The van der Waals surface area contributed by atoms with Crippen LogP contribution in [-0.4, -0.2) is 23.1 Å². The summed E-state index contributed by atoms with van der Waals surface area (Å²) in [4.78, 5) is 9.65. The molecule has 1 aromatic heterocycles. The Hall–Kier alpha value is -2.31. The monoisotopic (exact) mass is 339 g/mol. The number of ether oxygens (including phenoxy) is 1. The first-order valence-electron chi connectivity index (χ1n) is 7.72. The number of hydrogen-bond acceptors (Lipinski definition) is 4. The van der Waals surface area contributed by atoms with Crippen molar-refractivity contribution in [1.82, 2.24) is 9.97 Å². The van der Waals surface area contributed by atoms with E-state index in [0.717, 1.165) is 11.9 Å². The molecule has 0 N–H and O–H groups in total. The Labute approximate surface area is 139 Å². The minimum Gasteiger partial charge on any atom is -0.477 e. The second-order valence-corrected chi connectivity index (χ2v) is 5.67. The van der Waals surface area contributed by atoms with Crippen molar-refractivity contribution in [2.24, 2.45) is 5.92 Å². The van der Waals surface area contributed by atoms with Crippen LogP contribution in [0, 0.1) is 5.92 Å². The average molecular weight is 339 g/mol. The van der Waals surface area contributed by atoms with Gasteiger partial charge in [-0.2, -0.15) is 18.2 Å². The van der Waals surface area contributed by atoms with Gasteiger partial charge in [-0.25, -0.2) is 4.98 Å². The van der Waals surface area contributed by atoms with Crippen LogP contribution in [0.2, 0.25) is 0 Å². The fraction of sp³-hybridized carbons (Fsp3) is 0.412. The summed E-state index contributed by atoms with van der Waals surface area (Å²) < 4.78 is 44.7. The fourth-order valence-corrected chi connectivity index (χ4v) is 2.08. The van der Waals surface area contributed by atoms with E-state index in [4.69, 9.17) is 4.74 Å². The predicted octanol–water partition coefficient (Wildman–Crippen LogP) is 4.69. The molecule has 0 saturated carbocycles. The smallest absolute Gasteiger partial charge is 0.423 e. The highest BCUT2D eigenvalue weighted by Crippen LogP contribution is 2.36. The molecule has 0 amide bonds. The van der Waals surface area contributed by atoms with Crippen LogP contribution in [-0.2, 0) is 6.18 Å². The van der Waals surface area contributed by atoms with Gasteiger partial charge in [-0.1, -0.05) is 32.0 Å². The lowest BCUT2D eigenvalue weighted by Gasteiger charge is -2.22. The summed E-state index contributed by atoms with van der Waals surface area (Å²) in [6.45, 7) is 6.26. The zero-order chi connectivity index (χ0) is 17.7. The molecule has 0 radical (unpaired) electrons. The number of para-hydroxylation sites is 1. The molecule has 0 aliphatic heterocycles. The average Bonchev–Trinajstić information content (AvgIpc) is 2.54. The van der Waals surface area contributed by atoms with Crippen LogP contribution in [0.3, 0.4) is 0 Å². The maximum absolute atomic E-state index is 13.1. The Balaban J connectivity index is 2.42. The van der Waals surface area contributed by atoms with Gasteiger partial charge in [0, 0.05) is 18.4 Å².